The standard InChI is InChI=1S/C13H15F3N2/c14-13(15,16)10-1-3-11(4-2-10)18-6-5-9-7-17-8-12(9)18/h1-4,9,12,17H,5-8H2/t9-,12+/m1/s1. The Kier molecular flexibility index (Phi) is 2.73. The molecule has 2 fully saturated rings. The van der Waals surface area contributed by atoms with E-state index in [9.17, 15) is 13.2 Å². The minimum Gasteiger partial charge on any atom is -0.367 e. The van der Waals surface area contributed by atoms with Crippen molar-refractivity contribution in [2.24, 2.45) is 5.92 Å². The normalized spacial score (nSPS) is 27.6. The number of benzene rings is 1. The maximum atomic E-state index is 12.5. The highest BCUT2D eigenvalue weighted by atomic mass is 19.4. The van der Waals surface area contributed by atoms with E-state index in [0.717, 1.165) is 31.7 Å². The van der Waals surface area contributed by atoms with E-state index in [4.69, 9.17) is 0 Å². The summed E-state index contributed by atoms with van der Waals surface area (Å²) in [6, 6.07) is 5.96. The molecule has 0 aromatic heterocycles. The van der Waals surface area contributed by atoms with Crippen molar-refractivity contribution in [3.8, 4) is 0 Å². The molecule has 18 heavy (non-hydrogen) atoms. The van der Waals surface area contributed by atoms with Crippen LogP contribution in [0.25, 0.3) is 0 Å². The highest BCUT2D eigenvalue weighted by molar-refractivity contribution is 5.50. The molecule has 5 heteroatoms. The van der Waals surface area contributed by atoms with Gasteiger partial charge in [-0.2, -0.15) is 13.2 Å². The molecule has 2 nitrogen and oxygen atoms in total. The van der Waals surface area contributed by atoms with Crippen molar-refractivity contribution in [1.29, 1.82) is 0 Å². The molecule has 1 aromatic carbocycles. The molecular formula is C13H15F3N2. The predicted octanol–water partition coefficient (Wildman–Crippen LogP) is 2.50. The van der Waals surface area contributed by atoms with Gasteiger partial charge in [0.2, 0.25) is 0 Å². The summed E-state index contributed by atoms with van der Waals surface area (Å²) >= 11 is 0. The van der Waals surface area contributed by atoms with Crippen molar-refractivity contribution in [2.45, 2.75) is 18.6 Å². The van der Waals surface area contributed by atoms with Crippen molar-refractivity contribution in [3.05, 3.63) is 29.8 Å². The lowest BCUT2D eigenvalue weighted by Gasteiger charge is -2.26. The number of hydrogen-bond acceptors (Lipinski definition) is 2. The van der Waals surface area contributed by atoms with E-state index < -0.39 is 11.7 Å². The Labute approximate surface area is 104 Å². The van der Waals surface area contributed by atoms with Crippen LogP contribution in [0.15, 0.2) is 24.3 Å². The molecule has 2 aliphatic rings. The summed E-state index contributed by atoms with van der Waals surface area (Å²) in [6.07, 6.45) is -3.13. The van der Waals surface area contributed by atoms with E-state index in [2.05, 4.69) is 10.2 Å². The SMILES string of the molecule is FC(F)(F)c1ccc(N2CC[C@@H]3CNC[C@@H]32)cc1. The highest BCUT2D eigenvalue weighted by Gasteiger charge is 2.38. The molecule has 2 heterocycles. The second-order valence-electron chi connectivity index (χ2n) is 5.01. The average Bonchev–Trinajstić information content (AvgIpc) is 2.89. The van der Waals surface area contributed by atoms with Gasteiger partial charge in [-0.25, -0.2) is 0 Å². The van der Waals surface area contributed by atoms with Gasteiger partial charge in [0.05, 0.1) is 5.56 Å². The lowest BCUT2D eigenvalue weighted by molar-refractivity contribution is -0.137. The first-order valence-corrected chi connectivity index (χ1v) is 6.20. The fourth-order valence-electron chi connectivity index (χ4n) is 3.01. The number of alkyl halides is 3. The summed E-state index contributed by atoms with van der Waals surface area (Å²) in [5.41, 5.74) is 0.325. The van der Waals surface area contributed by atoms with Crippen molar-refractivity contribution >= 4 is 5.69 Å². The van der Waals surface area contributed by atoms with Gasteiger partial charge in [-0.15, -0.1) is 0 Å². The molecule has 1 N–H and O–H groups in total. The van der Waals surface area contributed by atoms with Gasteiger partial charge in [0.15, 0.2) is 0 Å². The number of halogens is 3. The van der Waals surface area contributed by atoms with Gasteiger partial charge in [0.1, 0.15) is 0 Å². The summed E-state index contributed by atoms with van der Waals surface area (Å²) in [7, 11) is 0. The van der Waals surface area contributed by atoms with Gasteiger partial charge in [-0.1, -0.05) is 0 Å². The van der Waals surface area contributed by atoms with E-state index in [-0.39, 0.29) is 0 Å². The molecule has 0 saturated carbocycles. The minimum absolute atomic E-state index is 0.446. The lowest BCUT2D eigenvalue weighted by atomic mass is 10.0. The maximum Gasteiger partial charge on any atom is 0.416 e. The van der Waals surface area contributed by atoms with Crippen molar-refractivity contribution < 1.29 is 13.2 Å². The zero-order chi connectivity index (χ0) is 12.8. The second kappa shape index (κ2) is 4.16. The quantitative estimate of drug-likeness (QED) is 0.830. The third kappa shape index (κ3) is 1.96. The Hall–Kier alpha value is -1.23. The van der Waals surface area contributed by atoms with Crippen LogP contribution < -0.4 is 10.2 Å². The number of nitrogens with one attached hydrogen (secondary N) is 1. The molecule has 0 radical (unpaired) electrons. The van der Waals surface area contributed by atoms with E-state index in [1.807, 2.05) is 0 Å². The maximum absolute atomic E-state index is 12.5. The number of rotatable bonds is 1. The van der Waals surface area contributed by atoms with Crippen molar-refractivity contribution in [3.63, 3.8) is 0 Å². The smallest absolute Gasteiger partial charge is 0.367 e. The van der Waals surface area contributed by atoms with Gasteiger partial charge in [-0.3, -0.25) is 0 Å². The van der Waals surface area contributed by atoms with Gasteiger partial charge in [-0.05, 0) is 36.6 Å². The Morgan fingerprint density at radius 3 is 2.50 bits per heavy atom. The summed E-state index contributed by atoms with van der Waals surface area (Å²) in [5.74, 6) is 0.646. The second-order valence-corrected chi connectivity index (χ2v) is 5.01. The first-order valence-electron chi connectivity index (χ1n) is 6.20. The summed E-state index contributed by atoms with van der Waals surface area (Å²) in [6.45, 7) is 2.91. The largest absolute Gasteiger partial charge is 0.416 e. The lowest BCUT2D eigenvalue weighted by Crippen LogP contribution is -2.34. The molecule has 0 spiro atoms. The number of fused-ring (bicyclic) bond motifs is 1. The molecule has 1 aromatic rings. The van der Waals surface area contributed by atoms with Crippen LogP contribution in [0.2, 0.25) is 0 Å². The third-order valence-electron chi connectivity index (χ3n) is 3.97. The average molecular weight is 256 g/mol. The van der Waals surface area contributed by atoms with Crippen LogP contribution in [0.4, 0.5) is 18.9 Å². The van der Waals surface area contributed by atoms with Crippen molar-refractivity contribution in [2.75, 3.05) is 24.5 Å². The Bertz CT molecular complexity index is 427. The molecule has 2 saturated heterocycles. The monoisotopic (exact) mass is 256 g/mol. The molecule has 3 rings (SSSR count). The van der Waals surface area contributed by atoms with E-state index in [1.165, 1.54) is 12.1 Å². The van der Waals surface area contributed by atoms with Crippen LogP contribution in [0.5, 0.6) is 0 Å². The van der Waals surface area contributed by atoms with Gasteiger partial charge < -0.3 is 10.2 Å². The Balaban J connectivity index is 1.81. The molecule has 0 amide bonds. The first kappa shape index (κ1) is 11.8. The summed E-state index contributed by atoms with van der Waals surface area (Å²) in [4.78, 5) is 2.23. The number of hydrogen-bond donors (Lipinski definition) is 1. The summed E-state index contributed by atoms with van der Waals surface area (Å²) < 4.78 is 37.5. The molecule has 0 aliphatic carbocycles. The van der Waals surface area contributed by atoms with Crippen LogP contribution >= 0.6 is 0 Å². The van der Waals surface area contributed by atoms with E-state index in [1.54, 1.807) is 12.1 Å². The van der Waals surface area contributed by atoms with Gasteiger partial charge in [0, 0.05) is 31.4 Å². The predicted molar refractivity (Wildman–Crippen MR) is 63.6 cm³/mol. The first-order chi connectivity index (χ1) is 8.55. The van der Waals surface area contributed by atoms with Crippen LogP contribution in [-0.4, -0.2) is 25.7 Å². The molecular weight excluding hydrogens is 241 g/mol. The number of nitrogens with zero attached hydrogens (tertiary/aromatic N) is 1. The zero-order valence-electron chi connectivity index (χ0n) is 9.87. The molecule has 98 valence electrons. The molecule has 2 atom stereocenters. The van der Waals surface area contributed by atoms with E-state index in [0.29, 0.717) is 12.0 Å². The third-order valence-corrected chi connectivity index (χ3v) is 3.97. The van der Waals surface area contributed by atoms with Crippen LogP contribution in [-0.2, 0) is 6.18 Å². The Morgan fingerprint density at radius 1 is 1.11 bits per heavy atom. The molecule has 2 aliphatic heterocycles. The number of anilines is 1. The van der Waals surface area contributed by atoms with E-state index >= 15 is 0 Å². The minimum atomic E-state index is -4.25. The fraction of sp³-hybridized carbons (Fsp3) is 0.538. The molecule has 0 bridgehead atoms. The van der Waals surface area contributed by atoms with Crippen LogP contribution in [0.3, 0.4) is 0 Å². The Morgan fingerprint density at radius 2 is 1.83 bits per heavy atom. The zero-order valence-corrected chi connectivity index (χ0v) is 9.87. The van der Waals surface area contributed by atoms with Crippen LogP contribution in [0, 0.1) is 5.92 Å². The van der Waals surface area contributed by atoms with Gasteiger partial charge >= 0.3 is 6.18 Å². The highest BCUT2D eigenvalue weighted by Crippen LogP contribution is 2.34. The fourth-order valence-corrected chi connectivity index (χ4v) is 3.01. The summed E-state index contributed by atoms with van der Waals surface area (Å²) in [5, 5.41) is 3.34. The van der Waals surface area contributed by atoms with Crippen molar-refractivity contribution in [1.82, 2.24) is 5.32 Å². The topological polar surface area (TPSA) is 15.3 Å². The van der Waals surface area contributed by atoms with Gasteiger partial charge in [0.25, 0.3) is 0 Å². The van der Waals surface area contributed by atoms with Crippen LogP contribution in [0.1, 0.15) is 12.0 Å². The molecule has 0 unspecified atom stereocenters.